The van der Waals surface area contributed by atoms with Crippen LogP contribution in [0, 0.1) is 0 Å². The highest BCUT2D eigenvalue weighted by Crippen LogP contribution is 2.19. The van der Waals surface area contributed by atoms with Gasteiger partial charge in [0.1, 0.15) is 0 Å². The SMILES string of the molecule is CCN(C[C@H]1CCCN1)c1ccc(Cl)cc1. The van der Waals surface area contributed by atoms with Crippen LogP contribution in [0.25, 0.3) is 0 Å². The Morgan fingerprint density at radius 2 is 2.12 bits per heavy atom. The Kier molecular flexibility index (Phi) is 4.08. The Morgan fingerprint density at radius 1 is 1.38 bits per heavy atom. The first kappa shape index (κ1) is 11.7. The normalized spacial score (nSPS) is 20.0. The van der Waals surface area contributed by atoms with Gasteiger partial charge in [0.15, 0.2) is 0 Å². The van der Waals surface area contributed by atoms with Crippen LogP contribution in [0.5, 0.6) is 0 Å². The lowest BCUT2D eigenvalue weighted by Gasteiger charge is -2.26. The van der Waals surface area contributed by atoms with Gasteiger partial charge in [0.2, 0.25) is 0 Å². The summed E-state index contributed by atoms with van der Waals surface area (Å²) in [6.07, 6.45) is 2.60. The van der Waals surface area contributed by atoms with Crippen molar-refractivity contribution in [1.29, 1.82) is 0 Å². The predicted molar refractivity (Wildman–Crippen MR) is 70.4 cm³/mol. The molecular weight excluding hydrogens is 220 g/mol. The zero-order valence-electron chi connectivity index (χ0n) is 9.75. The number of anilines is 1. The average molecular weight is 239 g/mol. The van der Waals surface area contributed by atoms with Gasteiger partial charge < -0.3 is 10.2 Å². The molecule has 0 amide bonds. The molecule has 0 radical (unpaired) electrons. The van der Waals surface area contributed by atoms with Crippen molar-refractivity contribution in [3.05, 3.63) is 29.3 Å². The van der Waals surface area contributed by atoms with Crippen molar-refractivity contribution in [2.45, 2.75) is 25.8 Å². The van der Waals surface area contributed by atoms with Crippen molar-refractivity contribution >= 4 is 17.3 Å². The van der Waals surface area contributed by atoms with Crippen LogP contribution in [0.3, 0.4) is 0 Å². The topological polar surface area (TPSA) is 15.3 Å². The molecule has 3 heteroatoms. The Labute approximate surface area is 103 Å². The standard InChI is InChI=1S/C13H19ClN2/c1-2-16(10-12-4-3-9-15-12)13-7-5-11(14)6-8-13/h5-8,12,15H,2-4,9-10H2,1H3/t12-/m1/s1. The van der Waals surface area contributed by atoms with Crippen molar-refractivity contribution in [3.8, 4) is 0 Å². The summed E-state index contributed by atoms with van der Waals surface area (Å²) < 4.78 is 0. The van der Waals surface area contributed by atoms with E-state index in [0.717, 1.165) is 18.1 Å². The summed E-state index contributed by atoms with van der Waals surface area (Å²) in [6, 6.07) is 8.76. The lowest BCUT2D eigenvalue weighted by Crippen LogP contribution is -2.37. The average Bonchev–Trinajstić information content (AvgIpc) is 2.80. The van der Waals surface area contributed by atoms with Gasteiger partial charge in [-0.3, -0.25) is 0 Å². The van der Waals surface area contributed by atoms with E-state index in [4.69, 9.17) is 11.6 Å². The second-order valence-corrected chi connectivity index (χ2v) is 4.74. The van der Waals surface area contributed by atoms with Gasteiger partial charge in [-0.2, -0.15) is 0 Å². The molecule has 1 saturated heterocycles. The smallest absolute Gasteiger partial charge is 0.0407 e. The number of nitrogens with zero attached hydrogens (tertiary/aromatic N) is 1. The van der Waals surface area contributed by atoms with Crippen LogP contribution in [0.4, 0.5) is 5.69 Å². The van der Waals surface area contributed by atoms with Gasteiger partial charge in [-0.25, -0.2) is 0 Å². The zero-order chi connectivity index (χ0) is 11.4. The van der Waals surface area contributed by atoms with E-state index in [-0.39, 0.29) is 0 Å². The van der Waals surface area contributed by atoms with Crippen molar-refractivity contribution in [2.75, 3.05) is 24.5 Å². The summed E-state index contributed by atoms with van der Waals surface area (Å²) in [6.45, 7) is 5.50. The molecule has 1 aliphatic rings. The largest absolute Gasteiger partial charge is 0.370 e. The Hall–Kier alpha value is -0.730. The first-order chi connectivity index (χ1) is 7.79. The fourth-order valence-electron chi connectivity index (χ4n) is 2.25. The van der Waals surface area contributed by atoms with Crippen LogP contribution in [0.1, 0.15) is 19.8 Å². The van der Waals surface area contributed by atoms with Gasteiger partial charge in [-0.1, -0.05) is 11.6 Å². The van der Waals surface area contributed by atoms with Gasteiger partial charge in [-0.05, 0) is 50.6 Å². The number of rotatable bonds is 4. The lowest BCUT2D eigenvalue weighted by molar-refractivity contribution is 0.587. The zero-order valence-corrected chi connectivity index (χ0v) is 10.5. The van der Waals surface area contributed by atoms with E-state index in [9.17, 15) is 0 Å². The maximum absolute atomic E-state index is 5.90. The number of benzene rings is 1. The number of hydrogen-bond donors (Lipinski definition) is 1. The molecule has 0 spiro atoms. The summed E-state index contributed by atoms with van der Waals surface area (Å²) in [7, 11) is 0. The summed E-state index contributed by atoms with van der Waals surface area (Å²) in [5.41, 5.74) is 1.26. The van der Waals surface area contributed by atoms with E-state index in [1.54, 1.807) is 0 Å². The Balaban J connectivity index is 2.00. The molecule has 88 valence electrons. The molecule has 16 heavy (non-hydrogen) atoms. The minimum Gasteiger partial charge on any atom is -0.370 e. The number of nitrogens with one attached hydrogen (secondary N) is 1. The minimum absolute atomic E-state index is 0.649. The van der Waals surface area contributed by atoms with Crippen LogP contribution in [-0.4, -0.2) is 25.7 Å². The molecule has 2 nitrogen and oxygen atoms in total. The summed E-state index contributed by atoms with van der Waals surface area (Å²) in [5.74, 6) is 0. The Morgan fingerprint density at radius 3 is 2.69 bits per heavy atom. The first-order valence-corrected chi connectivity index (χ1v) is 6.41. The highest BCUT2D eigenvalue weighted by atomic mass is 35.5. The number of hydrogen-bond acceptors (Lipinski definition) is 2. The fraction of sp³-hybridized carbons (Fsp3) is 0.538. The van der Waals surface area contributed by atoms with Gasteiger partial charge >= 0.3 is 0 Å². The van der Waals surface area contributed by atoms with Crippen molar-refractivity contribution in [1.82, 2.24) is 5.32 Å². The molecule has 0 bridgehead atoms. The molecule has 1 heterocycles. The molecule has 0 aliphatic carbocycles. The molecule has 0 aromatic heterocycles. The predicted octanol–water partition coefficient (Wildman–Crippen LogP) is 2.92. The molecule has 1 fully saturated rings. The third kappa shape index (κ3) is 2.89. The monoisotopic (exact) mass is 238 g/mol. The maximum Gasteiger partial charge on any atom is 0.0407 e. The van der Waals surface area contributed by atoms with Crippen LogP contribution >= 0.6 is 11.6 Å². The quantitative estimate of drug-likeness (QED) is 0.868. The summed E-state index contributed by atoms with van der Waals surface area (Å²) in [4.78, 5) is 2.40. The minimum atomic E-state index is 0.649. The molecule has 1 atom stereocenters. The molecule has 1 aromatic carbocycles. The van der Waals surface area contributed by atoms with Gasteiger partial charge in [0.05, 0.1) is 0 Å². The molecule has 2 rings (SSSR count). The molecule has 0 unspecified atom stereocenters. The van der Waals surface area contributed by atoms with Crippen molar-refractivity contribution < 1.29 is 0 Å². The van der Waals surface area contributed by atoms with E-state index in [1.807, 2.05) is 12.1 Å². The molecule has 1 aromatic rings. The van der Waals surface area contributed by atoms with Crippen molar-refractivity contribution in [3.63, 3.8) is 0 Å². The second kappa shape index (κ2) is 5.55. The van der Waals surface area contributed by atoms with E-state index in [0.29, 0.717) is 6.04 Å². The van der Waals surface area contributed by atoms with Gasteiger partial charge in [-0.15, -0.1) is 0 Å². The van der Waals surface area contributed by atoms with E-state index in [1.165, 1.54) is 25.1 Å². The van der Waals surface area contributed by atoms with Gasteiger partial charge in [0.25, 0.3) is 0 Å². The van der Waals surface area contributed by atoms with Crippen LogP contribution in [-0.2, 0) is 0 Å². The third-order valence-corrected chi connectivity index (χ3v) is 3.43. The molecule has 1 N–H and O–H groups in total. The maximum atomic E-state index is 5.90. The van der Waals surface area contributed by atoms with Crippen molar-refractivity contribution in [2.24, 2.45) is 0 Å². The van der Waals surface area contributed by atoms with E-state index >= 15 is 0 Å². The molecular formula is C13H19ClN2. The van der Waals surface area contributed by atoms with Crippen LogP contribution < -0.4 is 10.2 Å². The van der Waals surface area contributed by atoms with Crippen LogP contribution in [0.15, 0.2) is 24.3 Å². The third-order valence-electron chi connectivity index (χ3n) is 3.18. The first-order valence-electron chi connectivity index (χ1n) is 6.03. The van der Waals surface area contributed by atoms with E-state index in [2.05, 4.69) is 29.3 Å². The Bertz CT molecular complexity index is 317. The molecule has 0 saturated carbocycles. The highest BCUT2D eigenvalue weighted by Gasteiger charge is 2.17. The summed E-state index contributed by atoms with van der Waals surface area (Å²) in [5, 5.41) is 4.34. The summed E-state index contributed by atoms with van der Waals surface area (Å²) >= 11 is 5.90. The van der Waals surface area contributed by atoms with Gasteiger partial charge in [0, 0.05) is 29.8 Å². The van der Waals surface area contributed by atoms with Crippen LogP contribution in [0.2, 0.25) is 5.02 Å². The number of halogens is 1. The number of likely N-dealkylation sites (N-methyl/N-ethyl adjacent to an activating group) is 1. The van der Waals surface area contributed by atoms with E-state index < -0.39 is 0 Å². The fourth-order valence-corrected chi connectivity index (χ4v) is 2.37. The second-order valence-electron chi connectivity index (χ2n) is 4.31. The molecule has 1 aliphatic heterocycles. The lowest BCUT2D eigenvalue weighted by atomic mass is 10.2. The highest BCUT2D eigenvalue weighted by molar-refractivity contribution is 6.30.